The van der Waals surface area contributed by atoms with Crippen molar-refractivity contribution >= 4 is 28.2 Å². The summed E-state index contributed by atoms with van der Waals surface area (Å²) in [6.07, 6.45) is 2.81. The number of hydrogen-bond donors (Lipinski definition) is 2. The van der Waals surface area contributed by atoms with Crippen LogP contribution < -0.4 is 11.1 Å². The minimum atomic E-state index is -0.461. The van der Waals surface area contributed by atoms with Crippen LogP contribution in [0.15, 0.2) is 24.3 Å². The highest BCUT2D eigenvalue weighted by Crippen LogP contribution is 2.44. The quantitative estimate of drug-likeness (QED) is 0.726. The van der Waals surface area contributed by atoms with E-state index in [-0.39, 0.29) is 11.3 Å². The maximum Gasteiger partial charge on any atom is 0.256 e. The molecule has 0 aliphatic heterocycles. The van der Waals surface area contributed by atoms with Gasteiger partial charge in [0.2, 0.25) is 0 Å². The largest absolute Gasteiger partial charge is 0.365 e. The molecule has 0 saturated heterocycles. The molecule has 1 aromatic carbocycles. The van der Waals surface area contributed by atoms with E-state index in [0.29, 0.717) is 28.0 Å². The Balaban J connectivity index is 1.87. The highest BCUT2D eigenvalue weighted by atomic mass is 32.1. The third-order valence-corrected chi connectivity index (χ3v) is 6.97. The third kappa shape index (κ3) is 4.14. The molecule has 0 spiro atoms. The molecular weight excluding hydrogens is 368 g/mol. The molecule has 1 aliphatic carbocycles. The van der Waals surface area contributed by atoms with Crippen LogP contribution in [0.3, 0.4) is 0 Å². The van der Waals surface area contributed by atoms with Crippen molar-refractivity contribution in [1.29, 1.82) is 0 Å². The lowest BCUT2D eigenvalue weighted by molar-refractivity contribution is 0.1000. The molecule has 1 heterocycles. The topological polar surface area (TPSA) is 72.2 Å². The van der Waals surface area contributed by atoms with Gasteiger partial charge in [-0.2, -0.15) is 0 Å². The molecule has 2 aromatic rings. The minimum Gasteiger partial charge on any atom is -0.365 e. The molecule has 0 radical (unpaired) electrons. The molecule has 1 aliphatic rings. The molecule has 0 fully saturated rings. The first kappa shape index (κ1) is 20.6. The first-order valence-electron chi connectivity index (χ1n) is 9.93. The molecule has 3 N–H and O–H groups in total. The molecule has 3 rings (SSSR count). The summed E-state index contributed by atoms with van der Waals surface area (Å²) in [6.45, 7) is 11.0. The second kappa shape index (κ2) is 7.70. The van der Waals surface area contributed by atoms with E-state index < -0.39 is 5.91 Å². The van der Waals surface area contributed by atoms with Crippen LogP contribution in [0, 0.1) is 11.3 Å². The van der Waals surface area contributed by atoms with Gasteiger partial charge < -0.3 is 11.1 Å². The summed E-state index contributed by atoms with van der Waals surface area (Å²) in [5.41, 5.74) is 9.21. The Hall–Kier alpha value is -2.14. The van der Waals surface area contributed by atoms with E-state index in [1.165, 1.54) is 21.8 Å². The smallest absolute Gasteiger partial charge is 0.256 e. The average Bonchev–Trinajstić information content (AvgIpc) is 2.98. The number of thiophene rings is 1. The predicted molar refractivity (Wildman–Crippen MR) is 116 cm³/mol. The summed E-state index contributed by atoms with van der Waals surface area (Å²) in [4.78, 5) is 26.1. The zero-order valence-electron chi connectivity index (χ0n) is 17.4. The van der Waals surface area contributed by atoms with E-state index in [9.17, 15) is 9.59 Å². The fourth-order valence-corrected chi connectivity index (χ4v) is 5.20. The number of fused-ring (bicyclic) bond motifs is 1. The lowest BCUT2D eigenvalue weighted by Crippen LogP contribution is -2.27. The van der Waals surface area contributed by atoms with Crippen molar-refractivity contribution in [1.82, 2.24) is 0 Å². The van der Waals surface area contributed by atoms with Crippen LogP contribution in [0.1, 0.15) is 83.7 Å². The van der Waals surface area contributed by atoms with Crippen LogP contribution in [0.5, 0.6) is 0 Å². The average molecular weight is 399 g/mol. The SMILES string of the molecule is CC(C)c1ccc(C(=O)Nc2sc3c(c2C(N)=O)CCC(C(C)(C)C)C3)cc1. The summed E-state index contributed by atoms with van der Waals surface area (Å²) in [5, 5.41) is 3.53. The molecule has 2 amide bonds. The number of anilines is 1. The van der Waals surface area contributed by atoms with Crippen LogP contribution in [-0.4, -0.2) is 11.8 Å². The Morgan fingerprint density at radius 2 is 1.82 bits per heavy atom. The van der Waals surface area contributed by atoms with E-state index in [1.807, 2.05) is 24.3 Å². The Morgan fingerprint density at radius 1 is 1.18 bits per heavy atom. The van der Waals surface area contributed by atoms with Gasteiger partial charge in [0.15, 0.2) is 0 Å². The second-order valence-corrected chi connectivity index (χ2v) is 10.2. The Labute approximate surface area is 171 Å². The fourth-order valence-electron chi connectivity index (χ4n) is 3.87. The number of rotatable bonds is 4. The number of carbonyl (C=O) groups excluding carboxylic acids is 2. The van der Waals surface area contributed by atoms with Gasteiger partial charge in [0.1, 0.15) is 5.00 Å². The molecule has 1 atom stereocenters. The first-order chi connectivity index (χ1) is 13.1. The van der Waals surface area contributed by atoms with Gasteiger partial charge in [-0.15, -0.1) is 11.3 Å². The number of primary amides is 1. The summed E-state index contributed by atoms with van der Waals surface area (Å²) in [6, 6.07) is 7.61. The van der Waals surface area contributed by atoms with E-state index >= 15 is 0 Å². The lowest BCUT2D eigenvalue weighted by Gasteiger charge is -2.33. The summed E-state index contributed by atoms with van der Waals surface area (Å²) >= 11 is 1.51. The highest BCUT2D eigenvalue weighted by Gasteiger charge is 2.33. The first-order valence-corrected chi connectivity index (χ1v) is 10.7. The fraction of sp³-hybridized carbons (Fsp3) is 0.478. The van der Waals surface area contributed by atoms with Crippen molar-refractivity contribution in [2.75, 3.05) is 5.32 Å². The summed E-state index contributed by atoms with van der Waals surface area (Å²) < 4.78 is 0. The molecule has 4 nitrogen and oxygen atoms in total. The van der Waals surface area contributed by atoms with Crippen LogP contribution in [0.2, 0.25) is 0 Å². The number of benzene rings is 1. The maximum absolute atomic E-state index is 12.7. The van der Waals surface area contributed by atoms with Gasteiger partial charge in [0.25, 0.3) is 11.8 Å². The Kier molecular flexibility index (Phi) is 5.67. The van der Waals surface area contributed by atoms with Crippen molar-refractivity contribution in [3.63, 3.8) is 0 Å². The van der Waals surface area contributed by atoms with E-state index in [4.69, 9.17) is 5.73 Å². The minimum absolute atomic E-state index is 0.205. The van der Waals surface area contributed by atoms with Gasteiger partial charge in [-0.3, -0.25) is 9.59 Å². The summed E-state index contributed by atoms with van der Waals surface area (Å²) in [7, 11) is 0. The molecule has 1 aromatic heterocycles. The van der Waals surface area contributed by atoms with E-state index in [1.54, 1.807) is 0 Å². The van der Waals surface area contributed by atoms with Crippen LogP contribution in [0.25, 0.3) is 0 Å². The van der Waals surface area contributed by atoms with Crippen molar-refractivity contribution in [2.45, 2.75) is 59.8 Å². The standard InChI is InChI=1S/C23H30N2O2S/c1-13(2)14-6-8-15(9-7-14)21(27)25-22-19(20(24)26)17-11-10-16(23(3,4)5)12-18(17)28-22/h6-9,13,16H,10-12H2,1-5H3,(H2,24,26)(H,25,27). The molecule has 5 heteroatoms. The highest BCUT2D eigenvalue weighted by molar-refractivity contribution is 7.17. The van der Waals surface area contributed by atoms with Gasteiger partial charge in [0.05, 0.1) is 5.56 Å². The number of nitrogens with two attached hydrogens (primary N) is 1. The number of hydrogen-bond acceptors (Lipinski definition) is 3. The van der Waals surface area contributed by atoms with Gasteiger partial charge >= 0.3 is 0 Å². The van der Waals surface area contributed by atoms with Crippen LogP contribution in [0.4, 0.5) is 5.00 Å². The molecular formula is C23H30N2O2S. The van der Waals surface area contributed by atoms with Gasteiger partial charge in [-0.05, 0) is 59.8 Å². The van der Waals surface area contributed by atoms with Crippen LogP contribution in [-0.2, 0) is 12.8 Å². The normalized spacial score (nSPS) is 16.7. The van der Waals surface area contributed by atoms with E-state index in [2.05, 4.69) is 39.9 Å². The Bertz CT molecular complexity index is 889. The van der Waals surface area contributed by atoms with Gasteiger partial charge in [-0.25, -0.2) is 0 Å². The lowest BCUT2D eigenvalue weighted by atomic mass is 9.72. The third-order valence-electron chi connectivity index (χ3n) is 5.80. The zero-order chi connectivity index (χ0) is 20.6. The molecule has 0 bridgehead atoms. The van der Waals surface area contributed by atoms with Gasteiger partial charge in [-0.1, -0.05) is 46.8 Å². The Morgan fingerprint density at radius 3 is 2.36 bits per heavy atom. The van der Waals surface area contributed by atoms with Crippen molar-refractivity contribution < 1.29 is 9.59 Å². The van der Waals surface area contributed by atoms with E-state index in [0.717, 1.165) is 24.8 Å². The van der Waals surface area contributed by atoms with Crippen molar-refractivity contribution in [3.05, 3.63) is 51.4 Å². The molecule has 1 unspecified atom stereocenters. The molecule has 150 valence electrons. The number of amides is 2. The van der Waals surface area contributed by atoms with Crippen molar-refractivity contribution in [2.24, 2.45) is 17.1 Å². The number of carbonyl (C=O) groups is 2. The van der Waals surface area contributed by atoms with Gasteiger partial charge in [0, 0.05) is 10.4 Å². The molecule has 0 saturated carbocycles. The number of nitrogens with one attached hydrogen (secondary N) is 1. The van der Waals surface area contributed by atoms with Crippen LogP contribution >= 0.6 is 11.3 Å². The maximum atomic E-state index is 12.7. The summed E-state index contributed by atoms with van der Waals surface area (Å²) in [5.74, 6) is 0.311. The molecule has 28 heavy (non-hydrogen) atoms. The zero-order valence-corrected chi connectivity index (χ0v) is 18.2. The second-order valence-electron chi connectivity index (χ2n) is 9.11. The predicted octanol–water partition coefficient (Wildman–Crippen LogP) is 5.37. The monoisotopic (exact) mass is 398 g/mol. The van der Waals surface area contributed by atoms with Crippen molar-refractivity contribution in [3.8, 4) is 0 Å².